The first-order valence-electron chi connectivity index (χ1n) is 8.82. The first-order chi connectivity index (χ1) is 13.1. The van der Waals surface area contributed by atoms with E-state index in [4.69, 9.17) is 9.47 Å². The van der Waals surface area contributed by atoms with E-state index in [1.165, 1.54) is 0 Å². The molecule has 5 nitrogen and oxygen atoms in total. The third kappa shape index (κ3) is 4.31. The van der Waals surface area contributed by atoms with Crippen LogP contribution in [0.25, 0.3) is 0 Å². The van der Waals surface area contributed by atoms with Crippen LogP contribution in [0.4, 0.5) is 5.69 Å². The van der Waals surface area contributed by atoms with Crippen molar-refractivity contribution in [1.82, 2.24) is 4.57 Å². The number of nitrogens with one attached hydrogen (secondary N) is 1. The number of aromatic nitrogens is 1. The molecular formula is C22H24N2O3. The first kappa shape index (κ1) is 18.6. The molecule has 0 aliphatic rings. The number of ether oxygens (including phenoxy) is 2. The van der Waals surface area contributed by atoms with Gasteiger partial charge in [-0.05, 0) is 42.3 Å². The molecule has 0 spiro atoms. The predicted molar refractivity (Wildman–Crippen MR) is 107 cm³/mol. The highest BCUT2D eigenvalue weighted by atomic mass is 16.5. The van der Waals surface area contributed by atoms with Gasteiger partial charge in [-0.3, -0.25) is 4.79 Å². The number of amides is 1. The number of carbonyl (C=O) groups excluding carboxylic acids is 1. The Morgan fingerprint density at radius 1 is 1.04 bits per heavy atom. The molecule has 0 aliphatic heterocycles. The second kappa shape index (κ2) is 8.45. The number of nitrogens with zero attached hydrogens (tertiary/aromatic N) is 1. The van der Waals surface area contributed by atoms with E-state index in [-0.39, 0.29) is 11.9 Å². The molecule has 0 unspecified atom stereocenters. The highest BCUT2D eigenvalue weighted by molar-refractivity contribution is 5.93. The lowest BCUT2D eigenvalue weighted by atomic mass is 9.98. The Morgan fingerprint density at radius 2 is 1.78 bits per heavy atom. The van der Waals surface area contributed by atoms with Gasteiger partial charge in [0.15, 0.2) is 0 Å². The summed E-state index contributed by atoms with van der Waals surface area (Å²) in [6.45, 7) is 2.07. The van der Waals surface area contributed by atoms with Crippen LogP contribution in [0.5, 0.6) is 11.5 Å². The van der Waals surface area contributed by atoms with Crippen LogP contribution in [0.15, 0.2) is 67.0 Å². The van der Waals surface area contributed by atoms with Gasteiger partial charge >= 0.3 is 0 Å². The Balaban J connectivity index is 1.83. The van der Waals surface area contributed by atoms with Crippen LogP contribution in [-0.2, 0) is 4.79 Å². The third-order valence-corrected chi connectivity index (χ3v) is 4.60. The lowest BCUT2D eigenvalue weighted by Crippen LogP contribution is -2.20. The van der Waals surface area contributed by atoms with Crippen molar-refractivity contribution in [1.29, 1.82) is 0 Å². The molecule has 0 aliphatic carbocycles. The van der Waals surface area contributed by atoms with Gasteiger partial charge in [0.25, 0.3) is 0 Å². The molecule has 3 rings (SSSR count). The Hall–Kier alpha value is -3.21. The molecule has 0 radical (unpaired) electrons. The minimum absolute atomic E-state index is 0.0783. The molecule has 2 aromatic carbocycles. The van der Waals surface area contributed by atoms with Crippen molar-refractivity contribution in [3.63, 3.8) is 0 Å². The molecule has 0 bridgehead atoms. The average Bonchev–Trinajstić information content (AvgIpc) is 3.21. The second-order valence-electron chi connectivity index (χ2n) is 6.32. The molecule has 0 fully saturated rings. The summed E-state index contributed by atoms with van der Waals surface area (Å²) in [7, 11) is 3.16. The molecule has 5 heteroatoms. The molecule has 0 saturated heterocycles. The number of hydrogen-bond acceptors (Lipinski definition) is 3. The van der Waals surface area contributed by atoms with Crippen molar-refractivity contribution in [3.8, 4) is 11.5 Å². The molecule has 1 amide bonds. The Kier molecular flexibility index (Phi) is 5.81. The Bertz CT molecular complexity index is 904. The number of hydrogen-bond donors (Lipinski definition) is 1. The topological polar surface area (TPSA) is 52.5 Å². The fourth-order valence-electron chi connectivity index (χ4n) is 3.17. The largest absolute Gasteiger partial charge is 0.497 e. The van der Waals surface area contributed by atoms with Crippen molar-refractivity contribution >= 4 is 11.6 Å². The van der Waals surface area contributed by atoms with Gasteiger partial charge in [0.1, 0.15) is 11.5 Å². The molecule has 0 saturated carbocycles. The maximum absolute atomic E-state index is 12.8. The normalized spacial score (nSPS) is 11.7. The standard InChI is InChI=1S/C22H24N2O3/c1-16-8-4-5-9-18(16)20(24-12-6-7-13-24)15-22(25)23-19-11-10-17(26-2)14-21(19)27-3/h4-14,20H,15H2,1-3H3,(H,23,25)/t20-/m1/s1. The quantitative estimate of drug-likeness (QED) is 0.675. The van der Waals surface area contributed by atoms with E-state index in [9.17, 15) is 4.79 Å². The van der Waals surface area contributed by atoms with E-state index in [1.54, 1.807) is 32.4 Å². The summed E-state index contributed by atoms with van der Waals surface area (Å²) in [5.74, 6) is 1.16. The van der Waals surface area contributed by atoms with Crippen LogP contribution in [-0.4, -0.2) is 24.7 Å². The van der Waals surface area contributed by atoms with E-state index < -0.39 is 0 Å². The lowest BCUT2D eigenvalue weighted by molar-refractivity contribution is -0.116. The molecule has 27 heavy (non-hydrogen) atoms. The van der Waals surface area contributed by atoms with Crippen LogP contribution >= 0.6 is 0 Å². The van der Waals surface area contributed by atoms with Gasteiger partial charge in [-0.2, -0.15) is 0 Å². The fraction of sp³-hybridized carbons (Fsp3) is 0.227. The van der Waals surface area contributed by atoms with Crippen molar-refractivity contribution in [2.45, 2.75) is 19.4 Å². The van der Waals surface area contributed by atoms with E-state index in [0.717, 1.165) is 11.1 Å². The Labute approximate surface area is 159 Å². The van der Waals surface area contributed by atoms with Gasteiger partial charge in [0.05, 0.1) is 32.4 Å². The summed E-state index contributed by atoms with van der Waals surface area (Å²) in [6, 6.07) is 17.3. The molecule has 1 heterocycles. The van der Waals surface area contributed by atoms with Crippen molar-refractivity contribution in [2.75, 3.05) is 19.5 Å². The SMILES string of the molecule is COc1ccc(NC(=O)C[C@H](c2ccccc2C)n2cccc2)c(OC)c1. The van der Waals surface area contributed by atoms with E-state index in [1.807, 2.05) is 36.7 Å². The zero-order valence-corrected chi connectivity index (χ0v) is 15.8. The monoisotopic (exact) mass is 364 g/mol. The van der Waals surface area contributed by atoms with Gasteiger partial charge in [-0.15, -0.1) is 0 Å². The van der Waals surface area contributed by atoms with Gasteiger partial charge in [-0.25, -0.2) is 0 Å². The third-order valence-electron chi connectivity index (χ3n) is 4.60. The zero-order valence-electron chi connectivity index (χ0n) is 15.8. The molecule has 3 aromatic rings. The number of methoxy groups -OCH3 is 2. The van der Waals surface area contributed by atoms with E-state index in [0.29, 0.717) is 23.6 Å². The van der Waals surface area contributed by atoms with Crippen LogP contribution < -0.4 is 14.8 Å². The van der Waals surface area contributed by atoms with Crippen molar-refractivity contribution < 1.29 is 14.3 Å². The minimum atomic E-state index is -0.0829. The number of carbonyl (C=O) groups is 1. The predicted octanol–water partition coefficient (Wildman–Crippen LogP) is 4.43. The van der Waals surface area contributed by atoms with Gasteiger partial charge in [0, 0.05) is 18.5 Å². The van der Waals surface area contributed by atoms with Crippen molar-refractivity contribution in [3.05, 3.63) is 78.1 Å². The van der Waals surface area contributed by atoms with Gasteiger partial charge < -0.3 is 19.4 Å². The number of rotatable bonds is 7. The average molecular weight is 364 g/mol. The maximum Gasteiger partial charge on any atom is 0.226 e. The minimum Gasteiger partial charge on any atom is -0.497 e. The maximum atomic E-state index is 12.8. The molecule has 140 valence electrons. The van der Waals surface area contributed by atoms with Crippen LogP contribution in [0, 0.1) is 6.92 Å². The van der Waals surface area contributed by atoms with Gasteiger partial charge in [0.2, 0.25) is 5.91 Å². The summed E-state index contributed by atoms with van der Waals surface area (Å²) in [6.07, 6.45) is 4.28. The zero-order chi connectivity index (χ0) is 19.2. The molecule has 1 aromatic heterocycles. The summed E-state index contributed by atoms with van der Waals surface area (Å²) in [5, 5.41) is 2.96. The Morgan fingerprint density at radius 3 is 2.44 bits per heavy atom. The van der Waals surface area contributed by atoms with Gasteiger partial charge in [-0.1, -0.05) is 24.3 Å². The summed E-state index contributed by atoms with van der Waals surface area (Å²) in [4.78, 5) is 12.8. The summed E-state index contributed by atoms with van der Waals surface area (Å²) in [5.41, 5.74) is 2.91. The van der Waals surface area contributed by atoms with E-state index in [2.05, 4.69) is 28.9 Å². The summed E-state index contributed by atoms with van der Waals surface area (Å²) >= 11 is 0. The number of benzene rings is 2. The highest BCUT2D eigenvalue weighted by Gasteiger charge is 2.20. The summed E-state index contributed by atoms with van der Waals surface area (Å²) < 4.78 is 12.6. The van der Waals surface area contributed by atoms with Crippen LogP contribution in [0.1, 0.15) is 23.6 Å². The van der Waals surface area contributed by atoms with Crippen LogP contribution in [0.3, 0.4) is 0 Å². The van der Waals surface area contributed by atoms with E-state index >= 15 is 0 Å². The van der Waals surface area contributed by atoms with Crippen molar-refractivity contribution in [2.24, 2.45) is 0 Å². The first-order valence-corrected chi connectivity index (χ1v) is 8.82. The molecule has 1 N–H and O–H groups in total. The highest BCUT2D eigenvalue weighted by Crippen LogP contribution is 2.30. The smallest absolute Gasteiger partial charge is 0.226 e. The second-order valence-corrected chi connectivity index (χ2v) is 6.32. The van der Waals surface area contributed by atoms with Crippen LogP contribution in [0.2, 0.25) is 0 Å². The lowest BCUT2D eigenvalue weighted by Gasteiger charge is -2.21. The fourth-order valence-corrected chi connectivity index (χ4v) is 3.17. The number of aryl methyl sites for hydroxylation is 1. The molecular weight excluding hydrogens is 340 g/mol. The molecule has 1 atom stereocenters. The number of anilines is 1.